The standard InChI is InChI=1S/C16H19.C10H15.Hf/c1-16(2,3)15-8-7-13-9-11-5-4-6-12(11)10-14(13)15;1-6-7(2)9(4)10(5)8(6)3;/h7-10H,4-6H2,1-3H3;1-5H3;. The summed E-state index contributed by atoms with van der Waals surface area (Å²) in [5.74, 6) is 0. The fourth-order valence-corrected chi connectivity index (χ4v) is 14.3. The summed E-state index contributed by atoms with van der Waals surface area (Å²) in [6, 6.07) is 5.16. The number of rotatable bonds is 2. The second kappa shape index (κ2) is 6.15. The van der Waals surface area contributed by atoms with Gasteiger partial charge in [0.05, 0.1) is 0 Å². The van der Waals surface area contributed by atoms with Crippen molar-refractivity contribution in [2.75, 3.05) is 0 Å². The Kier molecular flexibility index (Phi) is 4.47. The van der Waals surface area contributed by atoms with Crippen LogP contribution in [0, 0.1) is 5.41 Å². The van der Waals surface area contributed by atoms with Gasteiger partial charge in [-0.05, 0) is 0 Å². The van der Waals surface area contributed by atoms with E-state index < -0.39 is 22.9 Å². The first-order chi connectivity index (χ1) is 12.5. The van der Waals surface area contributed by atoms with E-state index in [1.807, 2.05) is 0 Å². The first-order valence-corrected chi connectivity index (χ1v) is 14.1. The van der Waals surface area contributed by atoms with Crippen molar-refractivity contribution in [1.82, 2.24) is 0 Å². The molecule has 0 bridgehead atoms. The molecule has 0 saturated carbocycles. The van der Waals surface area contributed by atoms with E-state index in [2.05, 4.69) is 79.7 Å². The van der Waals surface area contributed by atoms with Gasteiger partial charge in [0.15, 0.2) is 0 Å². The number of benzene rings is 1. The van der Waals surface area contributed by atoms with E-state index in [-0.39, 0.29) is 8.59 Å². The zero-order valence-electron chi connectivity index (χ0n) is 18.4. The molecule has 0 aromatic heterocycles. The van der Waals surface area contributed by atoms with Crippen molar-refractivity contribution < 1.29 is 22.9 Å². The van der Waals surface area contributed by atoms with E-state index in [1.165, 1.54) is 24.8 Å². The number of allylic oxidation sites excluding steroid dienone is 5. The average Bonchev–Trinajstić information content (AvgIpc) is 3.24. The zero-order chi connectivity index (χ0) is 19.8. The molecule has 3 aliphatic carbocycles. The molecule has 0 heterocycles. The number of hydrogen-bond donors (Lipinski definition) is 0. The SMILES string of the molecule is CC1=C(C)[C](C)([Hf][C]2(C(C)(C)C)C=Cc3cc4c(cc32)CCC4)C(C)=C1C. The first-order valence-electron chi connectivity index (χ1n) is 10.5. The monoisotopic (exact) mass is 526 g/mol. The maximum atomic E-state index is 2.64. The minimum absolute atomic E-state index is 0.263. The third-order valence-electron chi connectivity index (χ3n) is 8.02. The summed E-state index contributed by atoms with van der Waals surface area (Å²) in [6.45, 7) is 19.6. The maximum absolute atomic E-state index is 2.64. The van der Waals surface area contributed by atoms with Gasteiger partial charge in [-0.15, -0.1) is 0 Å². The van der Waals surface area contributed by atoms with Gasteiger partial charge >= 0.3 is 178 Å². The molecule has 1 atom stereocenters. The van der Waals surface area contributed by atoms with Crippen LogP contribution < -0.4 is 0 Å². The molecule has 1 aromatic rings. The normalized spacial score (nSPS) is 26.1. The van der Waals surface area contributed by atoms with Crippen LogP contribution in [0.5, 0.6) is 0 Å². The van der Waals surface area contributed by atoms with Crippen LogP contribution in [0.2, 0.25) is 3.17 Å². The van der Waals surface area contributed by atoms with E-state index in [1.54, 1.807) is 39.0 Å². The summed E-state index contributed by atoms with van der Waals surface area (Å²) in [7, 11) is 0. The molecule has 0 fully saturated rings. The van der Waals surface area contributed by atoms with Gasteiger partial charge in [-0.3, -0.25) is 0 Å². The molecule has 1 aromatic carbocycles. The Morgan fingerprint density at radius 3 is 2.00 bits per heavy atom. The van der Waals surface area contributed by atoms with E-state index in [9.17, 15) is 0 Å². The molecular formula is C26H34Hf. The fourth-order valence-electron chi connectivity index (χ4n) is 5.55. The van der Waals surface area contributed by atoms with Gasteiger partial charge in [-0.1, -0.05) is 0 Å². The van der Waals surface area contributed by atoms with E-state index in [0.29, 0.717) is 3.17 Å². The molecular weight excluding hydrogens is 491 g/mol. The van der Waals surface area contributed by atoms with Gasteiger partial charge in [-0.25, -0.2) is 0 Å². The van der Waals surface area contributed by atoms with Crippen LogP contribution in [0.25, 0.3) is 6.08 Å². The van der Waals surface area contributed by atoms with Gasteiger partial charge in [0.2, 0.25) is 0 Å². The number of fused-ring (bicyclic) bond motifs is 2. The van der Waals surface area contributed by atoms with Crippen LogP contribution in [0.3, 0.4) is 0 Å². The van der Waals surface area contributed by atoms with Crippen LogP contribution in [0.1, 0.15) is 84.1 Å². The summed E-state index contributed by atoms with van der Waals surface area (Å²) < 4.78 is 0.620. The minimum atomic E-state index is -1.21. The van der Waals surface area contributed by atoms with Gasteiger partial charge < -0.3 is 0 Å². The summed E-state index contributed by atoms with van der Waals surface area (Å²) in [6.07, 6.45) is 9.02. The van der Waals surface area contributed by atoms with Crippen molar-refractivity contribution in [3.63, 3.8) is 0 Å². The first kappa shape index (κ1) is 19.6. The Hall–Kier alpha value is -0.690. The van der Waals surface area contributed by atoms with Gasteiger partial charge in [0.25, 0.3) is 0 Å². The van der Waals surface area contributed by atoms with Crippen LogP contribution in [0.4, 0.5) is 0 Å². The van der Waals surface area contributed by atoms with Crippen molar-refractivity contribution in [2.45, 2.75) is 81.0 Å². The molecule has 4 rings (SSSR count). The Morgan fingerprint density at radius 2 is 1.44 bits per heavy atom. The van der Waals surface area contributed by atoms with Crippen LogP contribution >= 0.6 is 0 Å². The summed E-state index contributed by atoms with van der Waals surface area (Å²) in [4.78, 5) is 0. The predicted molar refractivity (Wildman–Crippen MR) is 114 cm³/mol. The number of hydrogen-bond acceptors (Lipinski definition) is 0. The second-order valence-electron chi connectivity index (χ2n) is 10.2. The van der Waals surface area contributed by atoms with Crippen molar-refractivity contribution >= 4 is 6.08 Å². The molecule has 1 heteroatoms. The van der Waals surface area contributed by atoms with Crippen LogP contribution in [0.15, 0.2) is 40.5 Å². The number of aryl methyl sites for hydroxylation is 2. The topological polar surface area (TPSA) is 0 Å². The molecule has 3 aliphatic rings. The van der Waals surface area contributed by atoms with Gasteiger partial charge in [0, 0.05) is 0 Å². The Labute approximate surface area is 177 Å². The van der Waals surface area contributed by atoms with Crippen molar-refractivity contribution in [1.29, 1.82) is 0 Å². The molecule has 0 radical (unpaired) electrons. The van der Waals surface area contributed by atoms with Crippen molar-refractivity contribution in [3.8, 4) is 0 Å². The van der Waals surface area contributed by atoms with Gasteiger partial charge in [0.1, 0.15) is 0 Å². The van der Waals surface area contributed by atoms with E-state index in [4.69, 9.17) is 0 Å². The quantitative estimate of drug-likeness (QED) is 0.354. The summed E-state index contributed by atoms with van der Waals surface area (Å²) in [5.41, 5.74) is 13.1. The molecule has 27 heavy (non-hydrogen) atoms. The predicted octanol–water partition coefficient (Wildman–Crippen LogP) is 7.39. The van der Waals surface area contributed by atoms with Crippen LogP contribution in [-0.4, -0.2) is 0 Å². The Balaban J connectivity index is 1.89. The van der Waals surface area contributed by atoms with Crippen molar-refractivity contribution in [2.24, 2.45) is 5.41 Å². The third kappa shape index (κ3) is 2.63. The molecule has 0 spiro atoms. The Bertz CT molecular complexity index is 892. The average molecular weight is 525 g/mol. The molecule has 142 valence electrons. The molecule has 1 unspecified atom stereocenters. The molecule has 0 amide bonds. The summed E-state index contributed by atoms with van der Waals surface area (Å²) >= 11 is -1.21. The van der Waals surface area contributed by atoms with E-state index >= 15 is 0 Å². The van der Waals surface area contributed by atoms with Crippen molar-refractivity contribution in [3.05, 3.63) is 62.8 Å². The molecule has 0 N–H and O–H groups in total. The van der Waals surface area contributed by atoms with E-state index in [0.717, 1.165) is 0 Å². The van der Waals surface area contributed by atoms with Gasteiger partial charge in [-0.2, -0.15) is 0 Å². The summed E-state index contributed by atoms with van der Waals surface area (Å²) in [5, 5.41) is 0. The molecule has 0 nitrogen and oxygen atoms in total. The zero-order valence-corrected chi connectivity index (χ0v) is 22.0. The molecule has 0 aliphatic heterocycles. The Morgan fingerprint density at radius 1 is 0.889 bits per heavy atom. The molecule has 0 saturated heterocycles. The third-order valence-corrected chi connectivity index (χ3v) is 18.2. The fraction of sp³-hybridized carbons (Fsp3) is 0.538. The second-order valence-corrected chi connectivity index (χ2v) is 17.5. The van der Waals surface area contributed by atoms with Crippen LogP contribution in [-0.2, 0) is 38.9 Å².